The van der Waals surface area contributed by atoms with Crippen LogP contribution in [0.15, 0.2) is 30.5 Å². The highest BCUT2D eigenvalue weighted by molar-refractivity contribution is 5.84. The molecule has 2 bridgehead atoms. The van der Waals surface area contributed by atoms with E-state index in [4.69, 9.17) is 10.2 Å². The van der Waals surface area contributed by atoms with Crippen molar-refractivity contribution in [2.75, 3.05) is 11.9 Å². The van der Waals surface area contributed by atoms with E-state index in [9.17, 15) is 5.11 Å². The molecular formula is C23H27N7O. The van der Waals surface area contributed by atoms with Gasteiger partial charge in [-0.2, -0.15) is 10.4 Å². The number of nitrogens with zero attached hydrogens (tertiary/aromatic N) is 5. The zero-order valence-corrected chi connectivity index (χ0v) is 17.6. The number of hydrogen-bond acceptors (Lipinski definition) is 7. The molecule has 0 aromatic carbocycles. The first-order valence-corrected chi connectivity index (χ1v) is 11.0. The number of hydrogen-bond donors (Lipinski definition) is 3. The Bertz CT molecular complexity index is 1110. The molecule has 3 aromatic rings. The summed E-state index contributed by atoms with van der Waals surface area (Å²) in [4.78, 5) is 11.8. The predicted octanol–water partition coefficient (Wildman–Crippen LogP) is 3.60. The van der Waals surface area contributed by atoms with Crippen LogP contribution < -0.4 is 5.32 Å². The summed E-state index contributed by atoms with van der Waals surface area (Å²) in [6.45, 7) is 2.78. The predicted molar refractivity (Wildman–Crippen MR) is 118 cm³/mol. The maximum atomic E-state index is 11.5. The third-order valence-electron chi connectivity index (χ3n) is 6.72. The molecule has 8 heteroatoms. The molecule has 0 radical (unpaired) electrons. The number of aliphatic hydroxyl groups is 1. The topological polar surface area (TPSA) is 114 Å². The Balaban J connectivity index is 1.43. The third kappa shape index (κ3) is 3.87. The number of aryl methyl sites for hydroxylation is 1. The van der Waals surface area contributed by atoms with Crippen LogP contribution in [0.3, 0.4) is 0 Å². The highest BCUT2D eigenvalue weighted by Crippen LogP contribution is 2.44. The summed E-state index contributed by atoms with van der Waals surface area (Å²) in [5, 5.41) is 31.7. The van der Waals surface area contributed by atoms with E-state index in [-0.39, 0.29) is 5.92 Å². The van der Waals surface area contributed by atoms with Gasteiger partial charge in [-0.1, -0.05) is 0 Å². The lowest BCUT2D eigenvalue weighted by Gasteiger charge is -2.40. The first kappa shape index (κ1) is 19.9. The zero-order chi connectivity index (χ0) is 21.4. The molecule has 0 saturated carbocycles. The molecule has 2 unspecified atom stereocenters. The average molecular weight is 418 g/mol. The van der Waals surface area contributed by atoms with Gasteiger partial charge in [0.05, 0.1) is 23.4 Å². The van der Waals surface area contributed by atoms with E-state index in [2.05, 4.69) is 31.5 Å². The van der Waals surface area contributed by atoms with Gasteiger partial charge in [-0.05, 0) is 50.7 Å². The molecule has 5 rings (SSSR count). The van der Waals surface area contributed by atoms with Gasteiger partial charge >= 0.3 is 0 Å². The van der Waals surface area contributed by atoms with Gasteiger partial charge in [0, 0.05) is 54.5 Å². The fraction of sp³-hybridized carbons (Fsp3) is 0.478. The molecule has 5 heterocycles. The number of H-pyrrole nitrogens is 1. The molecule has 2 aliphatic heterocycles. The Kier molecular flexibility index (Phi) is 5.30. The molecule has 3 N–H and O–H groups in total. The van der Waals surface area contributed by atoms with Crippen LogP contribution in [0, 0.1) is 24.2 Å². The Morgan fingerprint density at radius 3 is 2.81 bits per heavy atom. The van der Waals surface area contributed by atoms with E-state index in [1.165, 1.54) is 0 Å². The summed E-state index contributed by atoms with van der Waals surface area (Å²) in [7, 11) is 0. The van der Waals surface area contributed by atoms with Crippen LogP contribution in [0.4, 0.5) is 11.6 Å². The lowest BCUT2D eigenvalue weighted by molar-refractivity contribution is 0.0243. The van der Waals surface area contributed by atoms with Crippen molar-refractivity contribution in [1.82, 2.24) is 25.1 Å². The second-order valence-electron chi connectivity index (χ2n) is 8.73. The highest BCUT2D eigenvalue weighted by Gasteiger charge is 2.43. The summed E-state index contributed by atoms with van der Waals surface area (Å²) >= 11 is 0. The second kappa shape index (κ2) is 8.25. The van der Waals surface area contributed by atoms with Crippen LogP contribution >= 0.6 is 0 Å². The minimum absolute atomic E-state index is 0.148. The van der Waals surface area contributed by atoms with Gasteiger partial charge in [-0.25, -0.2) is 4.98 Å². The smallest absolute Gasteiger partial charge is 0.153 e. The van der Waals surface area contributed by atoms with Crippen LogP contribution in [0.1, 0.15) is 49.6 Å². The molecule has 0 spiro atoms. The summed E-state index contributed by atoms with van der Waals surface area (Å²) in [6, 6.07) is 10.8. The number of rotatable bonds is 6. The molecule has 2 fully saturated rings. The van der Waals surface area contributed by atoms with E-state index in [0.29, 0.717) is 35.8 Å². The Morgan fingerprint density at radius 1 is 1.29 bits per heavy atom. The lowest BCUT2D eigenvalue weighted by atomic mass is 9.84. The molecule has 160 valence electrons. The molecule has 0 aliphatic carbocycles. The molecule has 2 aliphatic rings. The first-order chi connectivity index (χ1) is 15.1. The van der Waals surface area contributed by atoms with Crippen LogP contribution in [0.5, 0.6) is 0 Å². The number of nitrogens with one attached hydrogen (secondary N) is 2. The minimum atomic E-state index is -0.657. The molecular weight excluding hydrogens is 390 g/mol. The largest absolute Gasteiger partial charge is 0.386 e. The van der Waals surface area contributed by atoms with Crippen molar-refractivity contribution in [3.8, 4) is 6.07 Å². The van der Waals surface area contributed by atoms with Gasteiger partial charge in [0.2, 0.25) is 0 Å². The number of pyridine rings is 2. The van der Waals surface area contributed by atoms with Crippen LogP contribution in [-0.2, 0) is 0 Å². The van der Waals surface area contributed by atoms with Gasteiger partial charge in [-0.3, -0.25) is 15.0 Å². The fourth-order valence-corrected chi connectivity index (χ4v) is 5.35. The lowest BCUT2D eigenvalue weighted by Crippen LogP contribution is -2.44. The van der Waals surface area contributed by atoms with E-state index in [1.807, 2.05) is 31.2 Å². The monoisotopic (exact) mass is 417 g/mol. The van der Waals surface area contributed by atoms with Crippen molar-refractivity contribution in [1.29, 1.82) is 5.26 Å². The highest BCUT2D eigenvalue weighted by atomic mass is 16.3. The molecule has 31 heavy (non-hydrogen) atoms. The van der Waals surface area contributed by atoms with Gasteiger partial charge in [0.25, 0.3) is 0 Å². The number of fused-ring (bicyclic) bond motifs is 3. The number of nitriles is 1. The number of anilines is 2. The average Bonchev–Trinajstić information content (AvgIpc) is 3.28. The van der Waals surface area contributed by atoms with Gasteiger partial charge < -0.3 is 10.4 Å². The normalized spacial score (nSPS) is 24.2. The first-order valence-electron chi connectivity index (χ1n) is 11.0. The Hall–Kier alpha value is -3.02. The third-order valence-corrected chi connectivity index (χ3v) is 6.72. The number of piperidine rings is 1. The second-order valence-corrected chi connectivity index (χ2v) is 8.73. The van der Waals surface area contributed by atoms with Crippen LogP contribution in [0.2, 0.25) is 0 Å². The fourth-order valence-electron chi connectivity index (χ4n) is 5.35. The standard InChI is InChI=1S/C23H27N7O/c1-14-10-21(29-28-14)26-20-13-19-18(4-2-8-25-19)22(27-20)23(31)15-11-16-5-6-17(12-15)30(16)9-3-7-24/h2,4,8,10,13,15-17,23,31H,3,5-6,9,11-12H2,1H3,(H2,26,27,28,29)/t15?,16-,17+,23?. The maximum Gasteiger partial charge on any atom is 0.153 e. The van der Waals surface area contributed by atoms with Gasteiger partial charge in [-0.15, -0.1) is 0 Å². The van der Waals surface area contributed by atoms with E-state index in [1.54, 1.807) is 6.20 Å². The van der Waals surface area contributed by atoms with Crippen molar-refractivity contribution in [3.63, 3.8) is 0 Å². The molecule has 2 saturated heterocycles. The van der Waals surface area contributed by atoms with Crippen molar-refractivity contribution in [2.24, 2.45) is 5.92 Å². The Labute approximate surface area is 181 Å². The van der Waals surface area contributed by atoms with Crippen molar-refractivity contribution in [3.05, 3.63) is 41.9 Å². The number of aromatic nitrogens is 4. The Morgan fingerprint density at radius 2 is 2.10 bits per heavy atom. The van der Waals surface area contributed by atoms with E-state index >= 15 is 0 Å². The van der Waals surface area contributed by atoms with Crippen LogP contribution in [0.25, 0.3) is 10.9 Å². The van der Waals surface area contributed by atoms with E-state index in [0.717, 1.165) is 48.8 Å². The number of aliphatic hydroxyl groups excluding tert-OH is 1. The minimum Gasteiger partial charge on any atom is -0.386 e. The maximum absolute atomic E-state index is 11.5. The number of aromatic amines is 1. The molecule has 0 amide bonds. The molecule has 8 nitrogen and oxygen atoms in total. The van der Waals surface area contributed by atoms with E-state index < -0.39 is 6.10 Å². The summed E-state index contributed by atoms with van der Waals surface area (Å²) in [5.74, 6) is 1.46. The summed E-state index contributed by atoms with van der Waals surface area (Å²) in [5.41, 5.74) is 2.44. The quantitative estimate of drug-likeness (QED) is 0.561. The zero-order valence-electron chi connectivity index (χ0n) is 17.6. The summed E-state index contributed by atoms with van der Waals surface area (Å²) < 4.78 is 0. The van der Waals surface area contributed by atoms with Crippen molar-refractivity contribution < 1.29 is 5.11 Å². The van der Waals surface area contributed by atoms with Crippen molar-refractivity contribution >= 4 is 22.5 Å². The molecule has 4 atom stereocenters. The van der Waals surface area contributed by atoms with Gasteiger partial charge in [0.15, 0.2) is 5.82 Å². The van der Waals surface area contributed by atoms with Crippen molar-refractivity contribution in [2.45, 2.75) is 57.2 Å². The SMILES string of the molecule is Cc1cc(Nc2cc3ncccc3c(C(O)C3C[C@H]4CC[C@@H](C3)N4CCC#N)n2)n[nH]1. The molecule has 3 aromatic heterocycles. The summed E-state index contributed by atoms with van der Waals surface area (Å²) in [6.07, 6.45) is 5.83. The van der Waals surface area contributed by atoms with Crippen LogP contribution in [-0.4, -0.2) is 48.8 Å². The van der Waals surface area contributed by atoms with Gasteiger partial charge in [0.1, 0.15) is 5.82 Å².